The highest BCUT2D eigenvalue weighted by atomic mass is 32.1. The van der Waals surface area contributed by atoms with Gasteiger partial charge in [0, 0.05) is 29.2 Å². The number of hydrogen-bond donors (Lipinski definition) is 1. The first kappa shape index (κ1) is 26.8. The summed E-state index contributed by atoms with van der Waals surface area (Å²) in [5, 5.41) is 15.4. The molecule has 1 aromatic heterocycles. The van der Waals surface area contributed by atoms with Gasteiger partial charge in [-0.25, -0.2) is 9.59 Å². The summed E-state index contributed by atoms with van der Waals surface area (Å²) in [6.07, 6.45) is 6.70. The minimum absolute atomic E-state index is 0.0867. The van der Waals surface area contributed by atoms with Gasteiger partial charge in [-0.05, 0) is 71.4 Å². The van der Waals surface area contributed by atoms with Crippen LogP contribution in [0.4, 0.5) is 0 Å². The van der Waals surface area contributed by atoms with Gasteiger partial charge in [-0.1, -0.05) is 33.8 Å². The summed E-state index contributed by atoms with van der Waals surface area (Å²) in [5.41, 5.74) is -0.740. The zero-order valence-electron chi connectivity index (χ0n) is 21.7. The first-order valence-corrected chi connectivity index (χ1v) is 13.8. The van der Waals surface area contributed by atoms with E-state index < -0.39 is 41.6 Å². The number of hydrogen-bond acceptors (Lipinski definition) is 7. The van der Waals surface area contributed by atoms with Crippen LogP contribution >= 0.6 is 11.3 Å². The molecule has 3 fully saturated rings. The van der Waals surface area contributed by atoms with Crippen molar-refractivity contribution in [3.8, 4) is 0 Å². The lowest BCUT2D eigenvalue weighted by molar-refractivity contribution is -0.208. The van der Waals surface area contributed by atoms with E-state index in [-0.39, 0.29) is 29.0 Å². The number of ketones is 1. The molecule has 2 bridgehead atoms. The van der Waals surface area contributed by atoms with Crippen LogP contribution in [0.2, 0.25) is 0 Å². The number of Topliss-reactive ketones (excluding diaryl/α,β-unsaturated/α-hetero) is 1. The van der Waals surface area contributed by atoms with E-state index in [1.807, 2.05) is 23.8 Å². The first-order chi connectivity index (χ1) is 17.0. The van der Waals surface area contributed by atoms with Crippen LogP contribution in [-0.4, -0.2) is 41.6 Å². The van der Waals surface area contributed by atoms with E-state index in [1.165, 1.54) is 17.4 Å². The van der Waals surface area contributed by atoms with Gasteiger partial charge in [0.25, 0.3) is 0 Å². The summed E-state index contributed by atoms with van der Waals surface area (Å²) in [7, 11) is 0. The van der Waals surface area contributed by atoms with E-state index in [4.69, 9.17) is 9.47 Å². The van der Waals surface area contributed by atoms with Crippen molar-refractivity contribution in [3.63, 3.8) is 0 Å². The Hall–Kier alpha value is -2.25. The summed E-state index contributed by atoms with van der Waals surface area (Å²) >= 11 is 1.52. The third kappa shape index (κ3) is 4.38. The molecule has 3 saturated carbocycles. The highest BCUT2D eigenvalue weighted by Crippen LogP contribution is 2.67. The lowest BCUT2D eigenvalue weighted by Crippen LogP contribution is -2.63. The SMILES string of the molecule is C=C[C@]1(C)C[C@@H](OC(=O)COC(=O)/C=C/c2ccsc2)[C@]2(C)[C@H](C)CC[C@]3(CCC(=O)[C@H]32)[C@@H](C)[C@@H]1O. The second kappa shape index (κ2) is 9.90. The third-order valence-corrected chi connectivity index (χ3v) is 10.6. The molecule has 0 amide bonds. The fourth-order valence-corrected chi connectivity index (χ4v) is 8.03. The summed E-state index contributed by atoms with van der Waals surface area (Å²) in [4.78, 5) is 38.5. The number of aliphatic hydroxyl groups is 1. The molecule has 196 valence electrons. The number of aliphatic hydroxyl groups excluding tert-OH is 1. The lowest BCUT2D eigenvalue weighted by atomic mass is 9.44. The fraction of sp³-hybridized carbons (Fsp3) is 0.621. The van der Waals surface area contributed by atoms with Gasteiger partial charge in [0.2, 0.25) is 0 Å². The molecule has 3 aliphatic rings. The van der Waals surface area contributed by atoms with Crippen molar-refractivity contribution in [1.82, 2.24) is 0 Å². The highest BCUT2D eigenvalue weighted by molar-refractivity contribution is 7.08. The average Bonchev–Trinajstić information content (AvgIpc) is 3.50. The van der Waals surface area contributed by atoms with E-state index in [2.05, 4.69) is 27.4 Å². The smallest absolute Gasteiger partial charge is 0.344 e. The molecule has 1 heterocycles. The Morgan fingerprint density at radius 2 is 2.03 bits per heavy atom. The summed E-state index contributed by atoms with van der Waals surface area (Å²) in [6, 6.07) is 1.87. The Morgan fingerprint density at radius 3 is 2.69 bits per heavy atom. The first-order valence-electron chi connectivity index (χ1n) is 12.9. The van der Waals surface area contributed by atoms with Gasteiger partial charge in [0.1, 0.15) is 11.9 Å². The average molecular weight is 515 g/mol. The topological polar surface area (TPSA) is 89.9 Å². The molecule has 0 unspecified atom stereocenters. The Kier molecular flexibility index (Phi) is 7.37. The van der Waals surface area contributed by atoms with E-state index in [1.54, 1.807) is 12.2 Å². The second-order valence-corrected chi connectivity index (χ2v) is 12.3. The maximum Gasteiger partial charge on any atom is 0.344 e. The van der Waals surface area contributed by atoms with Crippen LogP contribution < -0.4 is 0 Å². The molecule has 7 heteroatoms. The van der Waals surface area contributed by atoms with Crippen molar-refractivity contribution in [2.24, 2.45) is 34.0 Å². The van der Waals surface area contributed by atoms with Crippen LogP contribution in [-0.2, 0) is 23.9 Å². The zero-order chi connectivity index (χ0) is 26.3. The number of carbonyl (C=O) groups excluding carboxylic acids is 3. The van der Waals surface area contributed by atoms with Gasteiger partial charge >= 0.3 is 11.9 Å². The van der Waals surface area contributed by atoms with Gasteiger partial charge in [-0.3, -0.25) is 4.79 Å². The second-order valence-electron chi connectivity index (χ2n) is 11.6. The molecule has 0 radical (unpaired) electrons. The fourth-order valence-electron chi connectivity index (χ4n) is 7.41. The third-order valence-electron chi connectivity index (χ3n) is 9.86. The molecule has 0 saturated heterocycles. The highest BCUT2D eigenvalue weighted by Gasteiger charge is 2.68. The molecule has 8 atom stereocenters. The molecule has 6 nitrogen and oxygen atoms in total. The lowest BCUT2D eigenvalue weighted by Gasteiger charge is -2.61. The van der Waals surface area contributed by atoms with E-state index in [0.717, 1.165) is 24.8 Å². The van der Waals surface area contributed by atoms with Gasteiger partial charge in [-0.15, -0.1) is 6.58 Å². The minimum atomic E-state index is -0.720. The van der Waals surface area contributed by atoms with E-state index in [0.29, 0.717) is 12.8 Å². The molecule has 4 rings (SSSR count). The molecule has 0 spiro atoms. The van der Waals surface area contributed by atoms with Crippen molar-refractivity contribution >= 4 is 35.1 Å². The van der Waals surface area contributed by atoms with Crippen LogP contribution in [0.15, 0.2) is 35.6 Å². The molecule has 0 aromatic carbocycles. The Morgan fingerprint density at radius 1 is 1.28 bits per heavy atom. The number of ether oxygens (including phenoxy) is 2. The number of carbonyl (C=O) groups is 3. The van der Waals surface area contributed by atoms with E-state index >= 15 is 0 Å². The van der Waals surface area contributed by atoms with Gasteiger partial charge < -0.3 is 14.6 Å². The number of rotatable bonds is 6. The van der Waals surface area contributed by atoms with Crippen molar-refractivity contribution in [2.75, 3.05) is 6.61 Å². The largest absolute Gasteiger partial charge is 0.459 e. The summed E-state index contributed by atoms with van der Waals surface area (Å²) in [5.74, 6) is -1.31. The van der Waals surface area contributed by atoms with Crippen LogP contribution in [0, 0.1) is 34.0 Å². The van der Waals surface area contributed by atoms with Crippen molar-refractivity contribution in [1.29, 1.82) is 0 Å². The quantitative estimate of drug-likeness (QED) is 0.318. The van der Waals surface area contributed by atoms with Crippen molar-refractivity contribution in [3.05, 3.63) is 41.1 Å². The molecular weight excluding hydrogens is 476 g/mol. The zero-order valence-corrected chi connectivity index (χ0v) is 22.5. The standard InChI is InChI=1S/C29H38O6S/c1-6-27(4)15-22(35-24(32)16-34-23(31)8-7-20-11-14-36-17-20)28(5)18(2)9-12-29(19(3)26(27)33)13-10-21(30)25(28)29/h6-8,11,14,17-19,22,25-26,33H,1,9-10,12-13,15-16H2,2-5H3/b8-7+/t18-,19+,22-,25+,26+,27-,28+,29+/m1/s1. The van der Waals surface area contributed by atoms with Crippen molar-refractivity contribution in [2.45, 2.75) is 72.0 Å². The molecule has 36 heavy (non-hydrogen) atoms. The Bertz CT molecular complexity index is 1050. The molecule has 0 aliphatic heterocycles. The predicted octanol–water partition coefficient (Wildman–Crippen LogP) is 5.21. The molecule has 1 N–H and O–H groups in total. The van der Waals surface area contributed by atoms with Crippen LogP contribution in [0.3, 0.4) is 0 Å². The van der Waals surface area contributed by atoms with Crippen molar-refractivity contribution < 1.29 is 29.0 Å². The summed E-state index contributed by atoms with van der Waals surface area (Å²) in [6.45, 7) is 11.8. The number of thiophene rings is 1. The Balaban J connectivity index is 1.59. The molecule has 3 aliphatic carbocycles. The maximum absolute atomic E-state index is 13.4. The molecule has 1 aromatic rings. The van der Waals surface area contributed by atoms with Gasteiger partial charge in [-0.2, -0.15) is 11.3 Å². The Labute approximate surface area is 217 Å². The summed E-state index contributed by atoms with van der Waals surface area (Å²) < 4.78 is 11.2. The maximum atomic E-state index is 13.4. The minimum Gasteiger partial charge on any atom is -0.459 e. The van der Waals surface area contributed by atoms with Crippen LogP contribution in [0.5, 0.6) is 0 Å². The normalized spacial score (nSPS) is 40.2. The van der Waals surface area contributed by atoms with Gasteiger partial charge in [0.05, 0.1) is 6.10 Å². The van der Waals surface area contributed by atoms with Crippen LogP contribution in [0.1, 0.15) is 65.4 Å². The van der Waals surface area contributed by atoms with E-state index in [9.17, 15) is 19.5 Å². The molecular formula is C29H38O6S. The monoisotopic (exact) mass is 514 g/mol. The number of esters is 2. The van der Waals surface area contributed by atoms with Gasteiger partial charge in [0.15, 0.2) is 6.61 Å². The van der Waals surface area contributed by atoms with Crippen LogP contribution in [0.25, 0.3) is 6.08 Å². The predicted molar refractivity (Wildman–Crippen MR) is 139 cm³/mol.